The topological polar surface area (TPSA) is 169 Å². The van der Waals surface area contributed by atoms with E-state index in [2.05, 4.69) is 5.32 Å². The fourth-order valence-corrected chi connectivity index (χ4v) is 2.19. The average Bonchev–Trinajstić information content (AvgIpc) is 2.54. The van der Waals surface area contributed by atoms with E-state index < -0.39 is 17.8 Å². The Morgan fingerprint density at radius 2 is 1.73 bits per heavy atom. The molecule has 1 amide bonds. The molecule has 7 N–H and O–H groups in total. The Kier molecular flexibility index (Phi) is 5.53. The first-order valence-corrected chi connectivity index (χ1v) is 7.34. The monoisotopic (exact) mass is 356 g/mol. The van der Waals surface area contributed by atoms with E-state index in [-0.39, 0.29) is 34.8 Å². The molecule has 0 aliphatic rings. The highest BCUT2D eigenvalue weighted by molar-refractivity contribution is 5.94. The predicted octanol–water partition coefficient (Wildman–Crippen LogP) is 0.937. The Hall–Kier alpha value is -3.88. The van der Waals surface area contributed by atoms with Crippen molar-refractivity contribution in [3.05, 3.63) is 59.2 Å². The molecule has 0 aliphatic heterocycles. The number of aromatic carboxylic acids is 1. The van der Waals surface area contributed by atoms with Crippen molar-refractivity contribution >= 4 is 29.5 Å². The molecule has 0 spiro atoms. The summed E-state index contributed by atoms with van der Waals surface area (Å²) in [7, 11) is 0. The summed E-state index contributed by atoms with van der Waals surface area (Å²) >= 11 is 0. The van der Waals surface area contributed by atoms with Crippen LogP contribution in [0.3, 0.4) is 0 Å². The summed E-state index contributed by atoms with van der Waals surface area (Å²) in [5.41, 5.74) is 11.1. The number of anilines is 1. The van der Waals surface area contributed by atoms with E-state index in [1.807, 2.05) is 0 Å². The Bertz CT molecular complexity index is 877. The van der Waals surface area contributed by atoms with Crippen molar-refractivity contribution in [2.75, 3.05) is 5.32 Å². The third-order valence-corrected chi connectivity index (χ3v) is 3.28. The van der Waals surface area contributed by atoms with E-state index in [0.717, 1.165) is 0 Å². The van der Waals surface area contributed by atoms with Gasteiger partial charge in [0.25, 0.3) is 0 Å². The fourth-order valence-electron chi connectivity index (χ4n) is 2.19. The zero-order chi connectivity index (χ0) is 19.3. The number of hydrogen-bond donors (Lipinski definition) is 5. The molecular formula is C17H16N4O5. The molecule has 0 bridgehead atoms. The van der Waals surface area contributed by atoms with Gasteiger partial charge < -0.3 is 26.6 Å². The van der Waals surface area contributed by atoms with Gasteiger partial charge in [0.05, 0.1) is 17.5 Å². The van der Waals surface area contributed by atoms with Crippen LogP contribution in [0.25, 0.3) is 0 Å². The van der Waals surface area contributed by atoms with Crippen LogP contribution in [0.1, 0.15) is 26.3 Å². The number of guanidine groups is 1. The minimum absolute atomic E-state index is 0.0854. The van der Waals surface area contributed by atoms with Crippen LogP contribution in [0, 0.1) is 5.41 Å². The number of carboxylic acid groups (broad SMARTS) is 1. The van der Waals surface area contributed by atoms with Crippen molar-refractivity contribution in [2.24, 2.45) is 11.5 Å². The molecule has 134 valence electrons. The molecule has 2 aromatic rings. The molecule has 9 nitrogen and oxygen atoms in total. The van der Waals surface area contributed by atoms with Crippen LogP contribution >= 0.6 is 0 Å². The van der Waals surface area contributed by atoms with Crippen molar-refractivity contribution in [1.29, 1.82) is 5.41 Å². The van der Waals surface area contributed by atoms with E-state index in [0.29, 0.717) is 5.69 Å². The van der Waals surface area contributed by atoms with E-state index in [9.17, 15) is 14.4 Å². The van der Waals surface area contributed by atoms with Gasteiger partial charge in [-0.25, -0.2) is 9.59 Å². The highest BCUT2D eigenvalue weighted by Crippen LogP contribution is 2.20. The number of carbonyl (C=O) groups is 3. The Balaban J connectivity index is 2.19. The van der Waals surface area contributed by atoms with Crippen molar-refractivity contribution in [3.63, 3.8) is 0 Å². The molecule has 2 aromatic carbocycles. The maximum atomic E-state index is 12.2. The number of carboxylic acids is 1. The first-order valence-electron chi connectivity index (χ1n) is 7.34. The quantitative estimate of drug-likeness (QED) is 0.222. The summed E-state index contributed by atoms with van der Waals surface area (Å²) in [6, 6.07) is 9.89. The van der Waals surface area contributed by atoms with Crippen LogP contribution in [0.4, 0.5) is 5.69 Å². The normalized spacial score (nSPS) is 10.0. The second kappa shape index (κ2) is 7.79. The predicted molar refractivity (Wildman–Crippen MR) is 93.2 cm³/mol. The zero-order valence-corrected chi connectivity index (χ0v) is 13.5. The first kappa shape index (κ1) is 18.5. The van der Waals surface area contributed by atoms with E-state index in [1.165, 1.54) is 30.3 Å². The van der Waals surface area contributed by atoms with Gasteiger partial charge in [0.2, 0.25) is 5.91 Å². The smallest absolute Gasteiger partial charge is 0.343 e. The fraction of sp³-hybridized carbons (Fsp3) is 0.0588. The van der Waals surface area contributed by atoms with Gasteiger partial charge in [-0.15, -0.1) is 0 Å². The standard InChI is InChI=1S/C17H16N4O5/c18-14(22)8-10-7-12(5-6-13(10)15(23)24)26-16(25)9-1-3-11(4-2-9)21-17(19)20/h1-7H,8H2,(H2,18,22)(H,23,24)(H4,19,20,21). The SMILES string of the molecule is N=C(N)Nc1ccc(C(=O)Oc2ccc(C(=O)O)c(CC(N)=O)c2)cc1. The van der Waals surface area contributed by atoms with E-state index in [1.54, 1.807) is 12.1 Å². The summed E-state index contributed by atoms with van der Waals surface area (Å²) in [4.78, 5) is 34.5. The molecule has 0 fully saturated rings. The number of nitrogens with two attached hydrogens (primary N) is 2. The van der Waals surface area contributed by atoms with Gasteiger partial charge in [-0.2, -0.15) is 0 Å². The molecule has 0 radical (unpaired) electrons. The lowest BCUT2D eigenvalue weighted by Gasteiger charge is -2.09. The summed E-state index contributed by atoms with van der Waals surface area (Å²) in [5, 5.41) is 18.8. The number of nitrogens with one attached hydrogen (secondary N) is 2. The highest BCUT2D eigenvalue weighted by atomic mass is 16.5. The second-order valence-electron chi connectivity index (χ2n) is 5.27. The molecule has 2 rings (SSSR count). The third kappa shape index (κ3) is 4.81. The van der Waals surface area contributed by atoms with Crippen LogP contribution in [0.15, 0.2) is 42.5 Å². The van der Waals surface area contributed by atoms with Crippen LogP contribution in [0.5, 0.6) is 5.75 Å². The summed E-state index contributed by atoms with van der Waals surface area (Å²) in [6.07, 6.45) is -0.293. The van der Waals surface area contributed by atoms with Gasteiger partial charge in [-0.3, -0.25) is 10.2 Å². The van der Waals surface area contributed by atoms with E-state index in [4.69, 9.17) is 26.7 Å². The molecule has 0 unspecified atom stereocenters. The van der Waals surface area contributed by atoms with Crippen LogP contribution in [-0.4, -0.2) is 28.9 Å². The maximum absolute atomic E-state index is 12.2. The van der Waals surface area contributed by atoms with Crippen molar-refractivity contribution in [1.82, 2.24) is 0 Å². The largest absolute Gasteiger partial charge is 0.478 e. The zero-order valence-electron chi connectivity index (χ0n) is 13.5. The number of hydrogen-bond acceptors (Lipinski definition) is 5. The second-order valence-corrected chi connectivity index (χ2v) is 5.27. The lowest BCUT2D eigenvalue weighted by Crippen LogP contribution is -2.20. The van der Waals surface area contributed by atoms with Crippen LogP contribution in [-0.2, 0) is 11.2 Å². The van der Waals surface area contributed by atoms with E-state index >= 15 is 0 Å². The molecule has 9 heteroatoms. The molecule has 0 heterocycles. The summed E-state index contributed by atoms with van der Waals surface area (Å²) < 4.78 is 5.21. The number of primary amides is 1. The van der Waals surface area contributed by atoms with Gasteiger partial charge in [0.1, 0.15) is 5.75 Å². The van der Waals surface area contributed by atoms with Crippen molar-refractivity contribution in [2.45, 2.75) is 6.42 Å². The number of esters is 1. The van der Waals surface area contributed by atoms with Gasteiger partial charge in [-0.05, 0) is 48.0 Å². The lowest BCUT2D eigenvalue weighted by atomic mass is 10.0. The average molecular weight is 356 g/mol. The Morgan fingerprint density at radius 3 is 2.27 bits per heavy atom. The lowest BCUT2D eigenvalue weighted by molar-refractivity contribution is -0.117. The van der Waals surface area contributed by atoms with Gasteiger partial charge in [0, 0.05) is 5.69 Å². The van der Waals surface area contributed by atoms with Crippen molar-refractivity contribution < 1.29 is 24.2 Å². The Morgan fingerprint density at radius 1 is 1.08 bits per heavy atom. The minimum Gasteiger partial charge on any atom is -0.478 e. The molecule has 0 atom stereocenters. The molecular weight excluding hydrogens is 340 g/mol. The van der Waals surface area contributed by atoms with Gasteiger partial charge >= 0.3 is 11.9 Å². The number of amides is 1. The van der Waals surface area contributed by atoms with Crippen LogP contribution in [0.2, 0.25) is 0 Å². The maximum Gasteiger partial charge on any atom is 0.343 e. The first-order chi connectivity index (χ1) is 12.3. The Labute approximate surface area is 148 Å². The number of ether oxygens (including phenoxy) is 1. The van der Waals surface area contributed by atoms with Crippen molar-refractivity contribution in [3.8, 4) is 5.75 Å². The van der Waals surface area contributed by atoms with Crippen LogP contribution < -0.4 is 21.5 Å². The number of rotatable bonds is 6. The summed E-state index contributed by atoms with van der Waals surface area (Å²) in [6.45, 7) is 0. The molecule has 0 saturated carbocycles. The molecule has 0 aromatic heterocycles. The van der Waals surface area contributed by atoms with Gasteiger partial charge in [0.15, 0.2) is 5.96 Å². The molecule has 0 saturated heterocycles. The third-order valence-electron chi connectivity index (χ3n) is 3.28. The number of benzene rings is 2. The molecule has 26 heavy (non-hydrogen) atoms. The summed E-state index contributed by atoms with van der Waals surface area (Å²) in [5.74, 6) is -2.74. The molecule has 0 aliphatic carbocycles. The van der Waals surface area contributed by atoms with Gasteiger partial charge in [-0.1, -0.05) is 0 Å². The highest BCUT2D eigenvalue weighted by Gasteiger charge is 2.15. The number of carbonyl (C=O) groups excluding carboxylic acids is 2. The minimum atomic E-state index is -1.22.